The fourth-order valence-electron chi connectivity index (χ4n) is 10.4. The second-order valence-electron chi connectivity index (χ2n) is 21.3. The van der Waals surface area contributed by atoms with E-state index < -0.39 is 37.8 Å². The largest absolute Gasteiger partial charge is 0.453 e. The number of hydrogen-bond acceptors (Lipinski definition) is 4. The molecule has 0 spiro atoms. The predicted octanol–water partition coefficient (Wildman–Crippen LogP) is 16.2. The monoisotopic (exact) mass is 1410 g/mol. The summed E-state index contributed by atoms with van der Waals surface area (Å²) in [6.45, 7) is 0.413. The van der Waals surface area contributed by atoms with Gasteiger partial charge in [-0.25, -0.2) is 4.79 Å². The Hall–Kier alpha value is -9.38. The number of anilines is 1. The van der Waals surface area contributed by atoms with Gasteiger partial charge in [-0.15, -0.1) is 0 Å². The molecule has 1 heterocycles. The normalized spacial score (nSPS) is 10.4. The van der Waals surface area contributed by atoms with Crippen molar-refractivity contribution in [2.24, 2.45) is 5.73 Å². The quantitative estimate of drug-likeness (QED) is 0.0792. The van der Waals surface area contributed by atoms with Crippen molar-refractivity contribution in [1.29, 1.82) is 0 Å². The first-order valence-electron chi connectivity index (χ1n) is 31.4. The number of ether oxygens (including phenoxy) is 1. The van der Waals surface area contributed by atoms with Crippen LogP contribution in [0.1, 0.15) is 5.69 Å². The molecule has 14 aromatic rings. The van der Waals surface area contributed by atoms with Gasteiger partial charge in [0.2, 0.25) is 0 Å². The molecule has 96 heavy (non-hydrogen) atoms. The summed E-state index contributed by atoms with van der Waals surface area (Å²) in [6, 6.07) is 141. The number of pyridine rings is 1. The van der Waals surface area contributed by atoms with Gasteiger partial charge in [-0.2, -0.15) is 0 Å². The fourth-order valence-corrected chi connectivity index (χ4v) is 19.6. The van der Waals surface area contributed by atoms with E-state index in [1.54, 1.807) is 6.20 Å². The van der Waals surface area contributed by atoms with Gasteiger partial charge >= 0.3 is 6.09 Å². The van der Waals surface area contributed by atoms with E-state index >= 15 is 0 Å². The maximum absolute atomic E-state index is 11.1. The molecule has 1 aromatic heterocycles. The summed E-state index contributed by atoms with van der Waals surface area (Å²) >= 11 is 0. The number of rotatable bonds is 15. The first-order valence-corrected chi connectivity index (χ1v) is 36.8. The van der Waals surface area contributed by atoms with Crippen molar-refractivity contribution in [2.45, 2.75) is 6.54 Å². The molecule has 0 atom stereocenters. The molecule has 0 saturated carbocycles. The van der Waals surface area contributed by atoms with Crippen LogP contribution in [0.5, 0.6) is 0 Å². The summed E-state index contributed by atoms with van der Waals surface area (Å²) in [6.07, 6.45) is 1.25. The SMILES string of the molecule is COC(=O)Nc1ccc(-c2ccnc(CN)c2)cc1.[Pd].c1ccc(P(c2ccccc2)c2ccccc2)cc1.c1ccc(P(c2ccccc2)c2ccccc2)cc1.c1ccc(P(c2ccccc2)c2ccccc2)cc1.c1ccc(P(c2ccccc2)c2ccccc2)cc1. The number of hydrogen-bond donors (Lipinski definition) is 2. The Labute approximate surface area is 585 Å². The third-order valence-electron chi connectivity index (χ3n) is 14.8. The van der Waals surface area contributed by atoms with Crippen molar-refractivity contribution in [2.75, 3.05) is 12.4 Å². The van der Waals surface area contributed by atoms with Crippen molar-refractivity contribution in [1.82, 2.24) is 4.98 Å². The van der Waals surface area contributed by atoms with E-state index in [4.69, 9.17) is 5.73 Å². The molecule has 476 valence electrons. The van der Waals surface area contributed by atoms with E-state index in [-0.39, 0.29) is 20.4 Å². The molecule has 5 nitrogen and oxygen atoms in total. The number of amides is 1. The number of methoxy groups -OCH3 is 1. The zero-order valence-electron chi connectivity index (χ0n) is 53.3. The number of aromatic nitrogens is 1. The van der Waals surface area contributed by atoms with Gasteiger partial charge in [0.1, 0.15) is 0 Å². The molecule has 0 aliphatic heterocycles. The Morgan fingerprint density at radius 1 is 0.302 bits per heavy atom. The molecule has 3 N–H and O–H groups in total. The van der Waals surface area contributed by atoms with Crippen molar-refractivity contribution < 1.29 is 30.0 Å². The van der Waals surface area contributed by atoms with E-state index in [0.717, 1.165) is 16.8 Å². The minimum Gasteiger partial charge on any atom is -0.453 e. The minimum atomic E-state index is -0.484. The van der Waals surface area contributed by atoms with Crippen LogP contribution in [0.4, 0.5) is 10.5 Å². The van der Waals surface area contributed by atoms with Gasteiger partial charge in [0.15, 0.2) is 0 Å². The van der Waals surface area contributed by atoms with Crippen LogP contribution in [0, 0.1) is 0 Å². The van der Waals surface area contributed by atoms with Crippen LogP contribution in [0.25, 0.3) is 11.1 Å². The van der Waals surface area contributed by atoms with E-state index in [0.29, 0.717) is 12.2 Å². The third kappa shape index (κ3) is 21.3. The van der Waals surface area contributed by atoms with Crippen molar-refractivity contribution >= 4 is 107 Å². The maximum Gasteiger partial charge on any atom is 0.411 e. The number of nitrogens with two attached hydrogens (primary N) is 1. The fraction of sp³-hybridized carbons (Fsp3) is 0.0233. The zero-order valence-corrected chi connectivity index (χ0v) is 58.5. The van der Waals surface area contributed by atoms with Gasteiger partial charge < -0.3 is 10.5 Å². The molecule has 0 saturated heterocycles. The number of carbonyl (C=O) groups excluding carboxylic acids is 1. The Balaban J connectivity index is 0.000000140. The van der Waals surface area contributed by atoms with Crippen molar-refractivity contribution in [3.63, 3.8) is 0 Å². The first kappa shape index (κ1) is 70.9. The molecule has 14 rings (SSSR count). The summed E-state index contributed by atoms with van der Waals surface area (Å²) in [4.78, 5) is 15.2. The molecule has 13 aromatic carbocycles. The molecule has 1 amide bonds. The average molecular weight is 1410 g/mol. The summed E-state index contributed by atoms with van der Waals surface area (Å²) in [5.74, 6) is 0. The topological polar surface area (TPSA) is 77.2 Å². The Morgan fingerprint density at radius 3 is 0.677 bits per heavy atom. The molecular formula is C86H75N3O2P4Pd. The molecule has 0 radical (unpaired) electrons. The summed E-state index contributed by atoms with van der Waals surface area (Å²) in [5, 5.41) is 19.4. The molecule has 0 fully saturated rings. The van der Waals surface area contributed by atoms with Crippen molar-refractivity contribution in [3.05, 3.63) is 412 Å². The molecular weight excluding hydrogens is 1340 g/mol. The van der Waals surface area contributed by atoms with Gasteiger partial charge in [0.05, 0.1) is 12.8 Å². The minimum absolute atomic E-state index is 0. The number of benzene rings is 13. The summed E-state index contributed by atoms with van der Waals surface area (Å²) in [7, 11) is -0.456. The number of nitrogens with one attached hydrogen (secondary N) is 1. The van der Waals surface area contributed by atoms with Crippen LogP contribution in [0.15, 0.2) is 407 Å². The van der Waals surface area contributed by atoms with Gasteiger partial charge in [-0.1, -0.05) is 376 Å². The van der Waals surface area contributed by atoms with Crippen LogP contribution in [0.3, 0.4) is 0 Å². The smallest absolute Gasteiger partial charge is 0.411 e. The average Bonchev–Trinajstić information content (AvgIpc) is 1.27. The summed E-state index contributed by atoms with van der Waals surface area (Å²) < 4.78 is 4.53. The maximum atomic E-state index is 11.1. The van der Waals surface area contributed by atoms with Gasteiger partial charge in [-0.05, 0) is 131 Å². The van der Waals surface area contributed by atoms with Crippen LogP contribution < -0.4 is 74.7 Å². The van der Waals surface area contributed by atoms with E-state index in [2.05, 4.69) is 379 Å². The second-order valence-corrected chi connectivity index (χ2v) is 30.2. The second kappa shape index (κ2) is 39.5. The van der Waals surface area contributed by atoms with E-state index in [9.17, 15) is 4.79 Å². The Kier molecular flexibility index (Phi) is 29.2. The number of nitrogens with zero attached hydrogens (tertiary/aromatic N) is 1. The van der Waals surface area contributed by atoms with Crippen LogP contribution in [-0.4, -0.2) is 18.2 Å². The number of carbonyl (C=O) groups is 1. The van der Waals surface area contributed by atoms with E-state index in [1.807, 2.05) is 36.4 Å². The molecule has 0 aliphatic carbocycles. The molecule has 10 heteroatoms. The standard InChI is InChI=1S/4C18H15P.C14H15N3O2.Pd/c4*1-4-10-16(11-5-1)19(17-12-6-2-7-13-17)18-14-8-3-9-15-18;1-19-14(18)17-12-4-2-10(3-5-12)11-6-7-16-13(8-11)9-15;/h4*1-15H;2-8H,9,15H2,1H3,(H,17,18);. The first-order chi connectivity index (χ1) is 47.0. The van der Waals surface area contributed by atoms with Gasteiger partial charge in [0.25, 0.3) is 0 Å². The van der Waals surface area contributed by atoms with E-state index in [1.165, 1.54) is 70.8 Å². The molecule has 0 aliphatic rings. The molecule has 0 unspecified atom stereocenters. The Bertz CT molecular complexity index is 3550. The van der Waals surface area contributed by atoms with Crippen LogP contribution in [0.2, 0.25) is 0 Å². The third-order valence-corrected chi connectivity index (χ3v) is 24.6. The zero-order chi connectivity index (χ0) is 65.3. The predicted molar refractivity (Wildman–Crippen MR) is 414 cm³/mol. The molecule has 0 bridgehead atoms. The van der Waals surface area contributed by atoms with Gasteiger partial charge in [0, 0.05) is 38.9 Å². The van der Waals surface area contributed by atoms with Gasteiger partial charge in [-0.3, -0.25) is 10.3 Å². The van der Waals surface area contributed by atoms with Crippen molar-refractivity contribution in [3.8, 4) is 11.1 Å². The van der Waals surface area contributed by atoms with Crippen LogP contribution >= 0.6 is 31.7 Å². The summed E-state index contributed by atoms with van der Waals surface area (Å²) in [5.41, 5.74) is 9.17. The Morgan fingerprint density at radius 2 is 0.500 bits per heavy atom. The van der Waals surface area contributed by atoms with Crippen LogP contribution in [-0.2, 0) is 31.7 Å².